The van der Waals surface area contributed by atoms with E-state index in [0.717, 1.165) is 11.4 Å². The van der Waals surface area contributed by atoms with Gasteiger partial charge >= 0.3 is 0 Å². The molecule has 1 aromatic heterocycles. The molecule has 0 saturated carbocycles. The van der Waals surface area contributed by atoms with Gasteiger partial charge in [-0.25, -0.2) is 13.4 Å². The number of non-ortho nitro benzene ring substituents is 1. The summed E-state index contributed by atoms with van der Waals surface area (Å²) in [7, 11) is 0.833. The van der Waals surface area contributed by atoms with Crippen LogP contribution in [0.2, 0.25) is 0 Å². The molecular weight excluding hydrogens is 468 g/mol. The van der Waals surface area contributed by atoms with E-state index < -0.39 is 14.9 Å². The van der Waals surface area contributed by atoms with Crippen LogP contribution in [0.1, 0.15) is 11.8 Å². The van der Waals surface area contributed by atoms with E-state index >= 15 is 0 Å². The predicted molar refractivity (Wildman–Crippen MR) is 127 cm³/mol. The minimum atomic E-state index is -3.97. The van der Waals surface area contributed by atoms with Crippen LogP contribution in [0.4, 0.5) is 10.8 Å². The van der Waals surface area contributed by atoms with Crippen molar-refractivity contribution < 1.29 is 22.8 Å². The lowest BCUT2D eigenvalue weighted by Crippen LogP contribution is -2.16. The van der Waals surface area contributed by atoms with E-state index in [1.807, 2.05) is 18.9 Å². The van der Waals surface area contributed by atoms with Crippen molar-refractivity contribution in [3.05, 3.63) is 57.5 Å². The molecular formula is C21H24N4O6S2. The normalized spacial score (nSPS) is 11.4. The van der Waals surface area contributed by atoms with Crippen LogP contribution in [0.5, 0.6) is 11.5 Å². The number of anilines is 1. The molecule has 1 heterocycles. The number of nitro groups is 1. The zero-order chi connectivity index (χ0) is 24.2. The number of hydrogen-bond donors (Lipinski definition) is 1. The van der Waals surface area contributed by atoms with Crippen LogP contribution in [0, 0.1) is 10.1 Å². The quantitative estimate of drug-likeness (QED) is 0.333. The molecule has 0 bridgehead atoms. The molecule has 3 aromatic rings. The van der Waals surface area contributed by atoms with Crippen molar-refractivity contribution >= 4 is 32.2 Å². The van der Waals surface area contributed by atoms with Crippen molar-refractivity contribution in [3.8, 4) is 22.8 Å². The minimum absolute atomic E-state index is 0.0144. The van der Waals surface area contributed by atoms with Crippen LogP contribution in [0.15, 0.2) is 47.4 Å². The Kier molecular flexibility index (Phi) is 7.51. The molecule has 0 atom stereocenters. The number of rotatable bonds is 10. The van der Waals surface area contributed by atoms with Crippen molar-refractivity contribution in [2.45, 2.75) is 18.4 Å². The molecule has 0 radical (unpaired) electrons. The number of nitrogens with zero attached hydrogens (tertiary/aromatic N) is 3. The van der Waals surface area contributed by atoms with Crippen molar-refractivity contribution in [1.29, 1.82) is 0 Å². The van der Waals surface area contributed by atoms with Gasteiger partial charge in [0.25, 0.3) is 15.7 Å². The first-order valence-electron chi connectivity index (χ1n) is 9.86. The lowest BCUT2D eigenvalue weighted by atomic mass is 10.1. The van der Waals surface area contributed by atoms with Crippen LogP contribution < -0.4 is 14.2 Å². The van der Waals surface area contributed by atoms with E-state index in [1.165, 1.54) is 55.9 Å². The number of ether oxygens (including phenoxy) is 2. The van der Waals surface area contributed by atoms with Gasteiger partial charge < -0.3 is 14.4 Å². The maximum absolute atomic E-state index is 13.0. The molecule has 0 amide bonds. The third-order valence-electron chi connectivity index (χ3n) is 4.87. The van der Waals surface area contributed by atoms with Gasteiger partial charge in [-0.05, 0) is 25.7 Å². The van der Waals surface area contributed by atoms with Gasteiger partial charge in [0.2, 0.25) is 0 Å². The molecule has 10 nitrogen and oxygen atoms in total. The topological polar surface area (TPSA) is 124 Å². The lowest BCUT2D eigenvalue weighted by molar-refractivity contribution is -0.384. The van der Waals surface area contributed by atoms with Crippen molar-refractivity contribution in [2.75, 3.05) is 32.5 Å². The van der Waals surface area contributed by atoms with Crippen LogP contribution in [-0.2, 0) is 16.6 Å². The number of benzene rings is 2. The van der Waals surface area contributed by atoms with Gasteiger partial charge in [-0.1, -0.05) is 30.4 Å². The molecule has 0 spiro atoms. The van der Waals surface area contributed by atoms with Crippen molar-refractivity contribution in [1.82, 2.24) is 9.88 Å². The molecule has 1 N–H and O–H groups in total. The maximum atomic E-state index is 13.0. The monoisotopic (exact) mass is 492 g/mol. The number of aromatic nitrogens is 1. The fourth-order valence-corrected chi connectivity index (χ4v) is 5.32. The highest BCUT2D eigenvalue weighted by Gasteiger charge is 2.22. The average molecular weight is 493 g/mol. The number of methoxy groups -OCH3 is 2. The second-order valence-corrected chi connectivity index (χ2v) is 9.82. The van der Waals surface area contributed by atoms with Gasteiger partial charge in [0.1, 0.15) is 0 Å². The summed E-state index contributed by atoms with van der Waals surface area (Å²) in [6.07, 6.45) is 0. The third kappa shape index (κ3) is 5.59. The standard InChI is InChI=1S/C21H24N4O6S2/c1-5-24(2)13-19-20(14-7-6-8-15(11-14)25(26)27)22-21(32-19)23-33(28,29)16-9-10-17(30-3)18(12-16)31-4/h6-12H,5,13H2,1-4H3,(H,22,23). The molecule has 0 aliphatic carbocycles. The van der Waals surface area contributed by atoms with E-state index in [-0.39, 0.29) is 21.5 Å². The summed E-state index contributed by atoms with van der Waals surface area (Å²) in [5.41, 5.74) is 0.966. The number of sulfonamides is 1. The molecule has 0 aliphatic heterocycles. The van der Waals surface area contributed by atoms with Crippen LogP contribution in [0.3, 0.4) is 0 Å². The summed E-state index contributed by atoms with van der Waals surface area (Å²) in [6, 6.07) is 10.4. The molecule has 2 aromatic carbocycles. The Morgan fingerprint density at radius 1 is 1.15 bits per heavy atom. The molecule has 0 saturated heterocycles. The highest BCUT2D eigenvalue weighted by Crippen LogP contribution is 2.35. The van der Waals surface area contributed by atoms with E-state index in [1.54, 1.807) is 12.1 Å². The van der Waals surface area contributed by atoms with Crippen LogP contribution in [0.25, 0.3) is 11.3 Å². The first kappa shape index (κ1) is 24.4. The zero-order valence-electron chi connectivity index (χ0n) is 18.6. The highest BCUT2D eigenvalue weighted by atomic mass is 32.2. The van der Waals surface area contributed by atoms with Crippen LogP contribution in [-0.4, -0.2) is 51.0 Å². The summed E-state index contributed by atoms with van der Waals surface area (Å²) in [5, 5.41) is 11.4. The van der Waals surface area contributed by atoms with Gasteiger partial charge in [-0.15, -0.1) is 0 Å². The summed E-state index contributed by atoms with van der Waals surface area (Å²) >= 11 is 1.18. The van der Waals surface area contributed by atoms with Gasteiger partial charge in [0.15, 0.2) is 16.6 Å². The predicted octanol–water partition coefficient (Wildman–Crippen LogP) is 3.99. The lowest BCUT2D eigenvalue weighted by Gasteiger charge is -2.13. The molecule has 33 heavy (non-hydrogen) atoms. The Morgan fingerprint density at radius 3 is 2.52 bits per heavy atom. The molecule has 0 unspecified atom stereocenters. The third-order valence-corrected chi connectivity index (χ3v) is 7.29. The largest absolute Gasteiger partial charge is 0.493 e. The molecule has 0 fully saturated rings. The zero-order valence-corrected chi connectivity index (χ0v) is 20.2. The Labute approximate surface area is 196 Å². The average Bonchev–Trinajstić information content (AvgIpc) is 3.19. The minimum Gasteiger partial charge on any atom is -0.493 e. The van der Waals surface area contributed by atoms with Gasteiger partial charge in [0.05, 0.1) is 29.7 Å². The fourth-order valence-electron chi connectivity index (χ4n) is 3.01. The molecule has 176 valence electrons. The summed E-state index contributed by atoms with van der Waals surface area (Å²) in [6.45, 7) is 3.26. The van der Waals surface area contributed by atoms with Gasteiger partial charge in [-0.2, -0.15) is 0 Å². The smallest absolute Gasteiger partial charge is 0.270 e. The molecule has 3 rings (SSSR count). The Bertz CT molecular complexity index is 1260. The molecule has 12 heteroatoms. The fraction of sp³-hybridized carbons (Fsp3) is 0.286. The van der Waals surface area contributed by atoms with E-state index in [0.29, 0.717) is 23.6 Å². The summed E-state index contributed by atoms with van der Waals surface area (Å²) in [4.78, 5) is 18.0. The highest BCUT2D eigenvalue weighted by molar-refractivity contribution is 7.93. The van der Waals surface area contributed by atoms with Crippen molar-refractivity contribution in [2.24, 2.45) is 0 Å². The number of nitrogens with one attached hydrogen (secondary N) is 1. The summed E-state index contributed by atoms with van der Waals surface area (Å²) < 4.78 is 38.9. The number of hydrogen-bond acceptors (Lipinski definition) is 9. The second kappa shape index (κ2) is 10.1. The van der Waals surface area contributed by atoms with Gasteiger partial charge in [-0.3, -0.25) is 14.8 Å². The molecule has 0 aliphatic rings. The maximum Gasteiger partial charge on any atom is 0.270 e. The van der Waals surface area contributed by atoms with E-state index in [4.69, 9.17) is 9.47 Å². The van der Waals surface area contributed by atoms with E-state index in [2.05, 4.69) is 9.71 Å². The first-order valence-corrected chi connectivity index (χ1v) is 12.2. The number of thiazole rings is 1. The van der Waals surface area contributed by atoms with E-state index in [9.17, 15) is 18.5 Å². The van der Waals surface area contributed by atoms with Gasteiger partial charge in [0, 0.05) is 35.2 Å². The summed E-state index contributed by atoms with van der Waals surface area (Å²) in [5.74, 6) is 0.686. The Morgan fingerprint density at radius 2 is 1.88 bits per heavy atom. The Hall–Kier alpha value is -3.22. The second-order valence-electron chi connectivity index (χ2n) is 7.05. The van der Waals surface area contributed by atoms with Crippen molar-refractivity contribution in [3.63, 3.8) is 0 Å². The van der Waals surface area contributed by atoms with Crippen LogP contribution >= 0.6 is 11.3 Å². The first-order chi connectivity index (χ1) is 15.7. The SMILES string of the molecule is CCN(C)Cc1sc(NS(=O)(=O)c2ccc(OC)c(OC)c2)nc1-c1cccc([N+](=O)[O-])c1. The number of nitro benzene ring substituents is 1. The Balaban J connectivity index is 2.01.